The first-order valence-corrected chi connectivity index (χ1v) is 12.2. The summed E-state index contributed by atoms with van der Waals surface area (Å²) in [5, 5.41) is 4.32. The molecule has 0 atom stereocenters. The number of nitrogens with one attached hydrogen (secondary N) is 2. The van der Waals surface area contributed by atoms with Crippen molar-refractivity contribution >= 4 is 49.8 Å². The average Bonchev–Trinajstić information content (AvgIpc) is 3.25. The number of aromatic nitrogens is 1. The summed E-state index contributed by atoms with van der Waals surface area (Å²) in [4.78, 5) is 16.3. The molecule has 0 unspecified atom stereocenters. The largest absolute Gasteiger partial charge is 0.351 e. The number of benzene rings is 1. The van der Waals surface area contributed by atoms with Gasteiger partial charge in [-0.1, -0.05) is 24.4 Å². The second-order valence-electron chi connectivity index (χ2n) is 7.14. The summed E-state index contributed by atoms with van der Waals surface area (Å²) in [7, 11) is -3.46. The third-order valence-corrected chi connectivity index (χ3v) is 8.73. The van der Waals surface area contributed by atoms with Crippen molar-refractivity contribution in [2.75, 3.05) is 13.1 Å². The minimum absolute atomic E-state index is 0.248. The maximum atomic E-state index is 12.9. The minimum Gasteiger partial charge on any atom is -0.351 e. The number of rotatable bonds is 5. The Morgan fingerprint density at radius 1 is 1.10 bits per heavy atom. The zero-order chi connectivity index (χ0) is 20.4. The number of sulfonamides is 1. The third kappa shape index (κ3) is 4.50. The van der Waals surface area contributed by atoms with E-state index in [1.165, 1.54) is 11.3 Å². The Hall–Kier alpha value is -1.87. The van der Waals surface area contributed by atoms with Crippen molar-refractivity contribution in [2.24, 2.45) is 0 Å². The monoisotopic (exact) mass is 451 g/mol. The van der Waals surface area contributed by atoms with E-state index in [2.05, 4.69) is 10.3 Å². The summed E-state index contributed by atoms with van der Waals surface area (Å²) in [6.07, 6.45) is 3.97. The lowest BCUT2D eigenvalue weighted by Crippen LogP contribution is -2.31. The molecule has 2 aromatic heterocycles. The van der Waals surface area contributed by atoms with Gasteiger partial charge in [0.05, 0.1) is 6.54 Å². The molecule has 1 aromatic carbocycles. The van der Waals surface area contributed by atoms with E-state index >= 15 is 0 Å². The van der Waals surface area contributed by atoms with Crippen LogP contribution in [0.4, 0.5) is 0 Å². The third-order valence-electron chi connectivity index (χ3n) is 5.05. The van der Waals surface area contributed by atoms with E-state index in [0.29, 0.717) is 28.0 Å². The van der Waals surface area contributed by atoms with Crippen molar-refractivity contribution in [2.45, 2.75) is 36.4 Å². The van der Waals surface area contributed by atoms with Gasteiger partial charge in [0, 0.05) is 33.9 Å². The van der Waals surface area contributed by atoms with E-state index in [1.54, 1.807) is 34.6 Å². The highest BCUT2D eigenvalue weighted by Crippen LogP contribution is 2.27. The number of carbonyl (C=O) groups excluding carboxylic acids is 1. The SMILES string of the molecule is O=C(NCc1ccc(S(=O)(=O)N2CCCCCC2)s1)c1cc2cc(Cl)ccc2[nH]1. The van der Waals surface area contributed by atoms with E-state index in [0.717, 1.165) is 41.5 Å². The van der Waals surface area contributed by atoms with Crippen LogP contribution in [0.3, 0.4) is 0 Å². The Morgan fingerprint density at radius 2 is 1.86 bits per heavy atom. The Morgan fingerprint density at radius 3 is 2.62 bits per heavy atom. The number of hydrogen-bond donors (Lipinski definition) is 2. The van der Waals surface area contributed by atoms with Gasteiger partial charge in [0.1, 0.15) is 9.90 Å². The quantitative estimate of drug-likeness (QED) is 0.604. The number of H-pyrrole nitrogens is 1. The van der Waals surface area contributed by atoms with Crippen molar-refractivity contribution in [3.8, 4) is 0 Å². The first-order chi connectivity index (χ1) is 13.9. The second kappa shape index (κ2) is 8.47. The van der Waals surface area contributed by atoms with Crippen molar-refractivity contribution in [3.05, 3.63) is 52.0 Å². The lowest BCUT2D eigenvalue weighted by molar-refractivity contribution is 0.0947. The van der Waals surface area contributed by atoms with E-state index in [9.17, 15) is 13.2 Å². The molecule has 1 fully saturated rings. The minimum atomic E-state index is -3.46. The lowest BCUT2D eigenvalue weighted by Gasteiger charge is -2.18. The zero-order valence-electron chi connectivity index (χ0n) is 15.8. The second-order valence-corrected chi connectivity index (χ2v) is 10.9. The number of halogens is 1. The maximum Gasteiger partial charge on any atom is 0.268 e. The summed E-state index contributed by atoms with van der Waals surface area (Å²) < 4.78 is 27.7. The molecule has 0 spiro atoms. The van der Waals surface area contributed by atoms with Gasteiger partial charge < -0.3 is 10.3 Å². The maximum absolute atomic E-state index is 12.9. The summed E-state index contributed by atoms with van der Waals surface area (Å²) in [5.41, 5.74) is 1.28. The number of aromatic amines is 1. The molecule has 1 amide bonds. The number of fused-ring (bicyclic) bond motifs is 1. The molecule has 0 aliphatic carbocycles. The van der Waals surface area contributed by atoms with Gasteiger partial charge in [0.15, 0.2) is 0 Å². The number of hydrogen-bond acceptors (Lipinski definition) is 4. The van der Waals surface area contributed by atoms with Gasteiger partial charge >= 0.3 is 0 Å². The average molecular weight is 452 g/mol. The molecule has 3 aromatic rings. The highest BCUT2D eigenvalue weighted by Gasteiger charge is 2.26. The summed E-state index contributed by atoms with van der Waals surface area (Å²) >= 11 is 7.20. The lowest BCUT2D eigenvalue weighted by atomic mass is 10.2. The highest BCUT2D eigenvalue weighted by atomic mass is 35.5. The van der Waals surface area contributed by atoms with Crippen molar-refractivity contribution in [1.82, 2.24) is 14.6 Å². The predicted molar refractivity (Wildman–Crippen MR) is 116 cm³/mol. The first-order valence-electron chi connectivity index (χ1n) is 9.59. The summed E-state index contributed by atoms with van der Waals surface area (Å²) in [6.45, 7) is 1.43. The molecule has 1 aliphatic heterocycles. The predicted octanol–water partition coefficient (Wildman–Crippen LogP) is 4.38. The Bertz CT molecular complexity index is 1130. The van der Waals surface area contributed by atoms with Gasteiger partial charge in [-0.25, -0.2) is 8.42 Å². The van der Waals surface area contributed by atoms with Crippen molar-refractivity contribution < 1.29 is 13.2 Å². The summed E-state index contributed by atoms with van der Waals surface area (Å²) in [6, 6.07) is 10.5. The molecular formula is C20H22ClN3O3S2. The number of carbonyl (C=O) groups is 1. The molecule has 6 nitrogen and oxygen atoms in total. The van der Waals surface area contributed by atoms with Crippen LogP contribution in [0.25, 0.3) is 10.9 Å². The zero-order valence-corrected chi connectivity index (χ0v) is 18.2. The van der Waals surface area contributed by atoms with Gasteiger partial charge in [0.25, 0.3) is 15.9 Å². The molecule has 154 valence electrons. The van der Waals surface area contributed by atoms with Gasteiger partial charge in [0.2, 0.25) is 0 Å². The molecule has 0 bridgehead atoms. The number of nitrogens with zero attached hydrogens (tertiary/aromatic N) is 1. The fourth-order valence-electron chi connectivity index (χ4n) is 3.49. The van der Waals surface area contributed by atoms with E-state index < -0.39 is 10.0 Å². The molecule has 1 aliphatic rings. The molecule has 29 heavy (non-hydrogen) atoms. The number of amides is 1. The molecule has 4 rings (SSSR count). The normalized spacial score (nSPS) is 16.0. The Balaban J connectivity index is 1.42. The van der Waals surface area contributed by atoms with E-state index in [4.69, 9.17) is 11.6 Å². The van der Waals surface area contributed by atoms with Crippen LogP contribution in [0.1, 0.15) is 41.0 Å². The standard InChI is InChI=1S/C20H22ClN3O3S2/c21-15-5-7-17-14(11-15)12-18(23-17)20(25)22-13-16-6-8-19(28-16)29(26,27)24-9-3-1-2-4-10-24/h5-8,11-12,23H,1-4,9-10,13H2,(H,22,25). The molecule has 0 radical (unpaired) electrons. The van der Waals surface area contributed by atoms with E-state index in [-0.39, 0.29) is 12.5 Å². The molecular weight excluding hydrogens is 430 g/mol. The fraction of sp³-hybridized carbons (Fsp3) is 0.350. The van der Waals surface area contributed by atoms with Crippen LogP contribution >= 0.6 is 22.9 Å². The molecule has 1 saturated heterocycles. The Kier molecular flexibility index (Phi) is 5.96. The summed E-state index contributed by atoms with van der Waals surface area (Å²) in [5.74, 6) is -0.248. The van der Waals surface area contributed by atoms with E-state index in [1.807, 2.05) is 6.07 Å². The van der Waals surface area contributed by atoms with Crippen molar-refractivity contribution in [1.29, 1.82) is 0 Å². The number of thiophene rings is 1. The van der Waals surface area contributed by atoms with Crippen LogP contribution in [0.5, 0.6) is 0 Å². The van der Waals surface area contributed by atoms with Crippen LogP contribution in [-0.2, 0) is 16.6 Å². The molecule has 9 heteroatoms. The van der Waals surface area contributed by atoms with Gasteiger partial charge in [-0.05, 0) is 49.2 Å². The molecule has 3 heterocycles. The van der Waals surface area contributed by atoms with Crippen LogP contribution in [0.2, 0.25) is 5.02 Å². The highest BCUT2D eigenvalue weighted by molar-refractivity contribution is 7.91. The first kappa shape index (κ1) is 20.4. The van der Waals surface area contributed by atoms with Crippen LogP contribution in [0, 0.1) is 0 Å². The van der Waals surface area contributed by atoms with Crippen LogP contribution in [0.15, 0.2) is 40.6 Å². The molecule has 2 N–H and O–H groups in total. The smallest absolute Gasteiger partial charge is 0.268 e. The van der Waals surface area contributed by atoms with Gasteiger partial charge in [-0.3, -0.25) is 4.79 Å². The van der Waals surface area contributed by atoms with Gasteiger partial charge in [-0.15, -0.1) is 11.3 Å². The Labute approximate surface area is 178 Å². The molecule has 0 saturated carbocycles. The fourth-order valence-corrected chi connectivity index (χ4v) is 6.64. The van der Waals surface area contributed by atoms with Crippen LogP contribution in [-0.4, -0.2) is 36.7 Å². The van der Waals surface area contributed by atoms with Crippen LogP contribution < -0.4 is 5.32 Å². The topological polar surface area (TPSA) is 82.3 Å². The van der Waals surface area contributed by atoms with Crippen molar-refractivity contribution in [3.63, 3.8) is 0 Å². The van der Waals surface area contributed by atoms with Gasteiger partial charge in [-0.2, -0.15) is 4.31 Å².